The second-order valence-corrected chi connectivity index (χ2v) is 8.80. The molecule has 0 amide bonds. The molecule has 0 spiro atoms. The number of hydrogen-bond acceptors (Lipinski definition) is 0. The highest BCUT2D eigenvalue weighted by atomic mass is 14.6. The van der Waals surface area contributed by atoms with Crippen molar-refractivity contribution < 1.29 is 0 Å². The summed E-state index contributed by atoms with van der Waals surface area (Å²) in [6.07, 6.45) is 19.0. The molecule has 4 aliphatic rings. The lowest BCUT2D eigenvalue weighted by Crippen LogP contribution is -2.52. The maximum absolute atomic E-state index is 4.35. The molecule has 112 valence electrons. The van der Waals surface area contributed by atoms with Gasteiger partial charge in [0.05, 0.1) is 0 Å². The van der Waals surface area contributed by atoms with Crippen molar-refractivity contribution in [3.63, 3.8) is 0 Å². The van der Waals surface area contributed by atoms with Gasteiger partial charge < -0.3 is 0 Å². The maximum atomic E-state index is 4.35. The molecule has 0 radical (unpaired) electrons. The third-order valence-corrected chi connectivity index (χ3v) is 8.31. The average molecular weight is 272 g/mol. The molecule has 0 nitrogen and oxygen atoms in total. The van der Waals surface area contributed by atoms with Gasteiger partial charge in [-0.3, -0.25) is 0 Å². The van der Waals surface area contributed by atoms with Crippen LogP contribution in [0.5, 0.6) is 0 Å². The molecular weight excluding hydrogens is 240 g/mol. The molecule has 0 aromatic rings. The lowest BCUT2D eigenvalue weighted by molar-refractivity contribution is -0.0869. The zero-order valence-electron chi connectivity index (χ0n) is 13.4. The molecule has 4 fully saturated rings. The molecule has 4 rings (SSSR count). The second-order valence-electron chi connectivity index (χ2n) is 8.80. The largest absolute Gasteiger partial charge is 0.103 e. The summed E-state index contributed by atoms with van der Waals surface area (Å²) in [6.45, 7) is 6.97. The van der Waals surface area contributed by atoms with Crippen LogP contribution in [0.4, 0.5) is 0 Å². The molecule has 4 aliphatic carbocycles. The fourth-order valence-electron chi connectivity index (χ4n) is 7.36. The Morgan fingerprint density at radius 3 is 2.60 bits per heavy atom. The first-order chi connectivity index (χ1) is 9.70. The van der Waals surface area contributed by atoms with Crippen LogP contribution in [-0.2, 0) is 0 Å². The van der Waals surface area contributed by atoms with Gasteiger partial charge in [0.15, 0.2) is 0 Å². The predicted molar refractivity (Wildman–Crippen MR) is 85.5 cm³/mol. The van der Waals surface area contributed by atoms with Crippen LogP contribution in [-0.4, -0.2) is 0 Å². The minimum absolute atomic E-state index is 0.547. The van der Waals surface area contributed by atoms with E-state index < -0.39 is 0 Å². The van der Waals surface area contributed by atoms with Gasteiger partial charge in [-0.05, 0) is 85.9 Å². The average Bonchev–Trinajstić information content (AvgIpc) is 2.88. The molecule has 0 aromatic carbocycles. The Bertz CT molecular complexity index is 397. The van der Waals surface area contributed by atoms with Gasteiger partial charge in [-0.25, -0.2) is 0 Å². The Morgan fingerprint density at radius 2 is 1.75 bits per heavy atom. The summed E-state index contributed by atoms with van der Waals surface area (Å²) in [5, 5.41) is 0. The fraction of sp³-hybridized carbons (Fsp3) is 0.900. The Morgan fingerprint density at radius 1 is 0.850 bits per heavy atom. The van der Waals surface area contributed by atoms with E-state index in [1.807, 2.05) is 0 Å². The van der Waals surface area contributed by atoms with Crippen LogP contribution in [0.15, 0.2) is 12.7 Å². The fourth-order valence-corrected chi connectivity index (χ4v) is 7.36. The Kier molecular flexibility index (Phi) is 3.09. The van der Waals surface area contributed by atoms with E-state index >= 15 is 0 Å². The minimum Gasteiger partial charge on any atom is -0.103 e. The molecule has 0 aliphatic heterocycles. The summed E-state index contributed by atoms with van der Waals surface area (Å²) in [4.78, 5) is 0. The van der Waals surface area contributed by atoms with Crippen LogP contribution in [0.25, 0.3) is 0 Å². The Balaban J connectivity index is 1.68. The monoisotopic (exact) mass is 272 g/mol. The number of fused-ring (bicyclic) bond motifs is 5. The van der Waals surface area contributed by atoms with Gasteiger partial charge in [0, 0.05) is 0 Å². The van der Waals surface area contributed by atoms with E-state index in [-0.39, 0.29) is 0 Å². The standard InChI is InChI=1S/C20H32/c1-3-20-13-5-4-7-15(20)9-10-16-17-8-6-12-19(17,2)14-11-18(16)20/h3,15-18H,1,4-14H2,2H3/t15-,16+,17+,18+,19+,20+/m1/s1. The zero-order chi connectivity index (χ0) is 13.8. The van der Waals surface area contributed by atoms with Crippen molar-refractivity contribution in [3.05, 3.63) is 12.7 Å². The van der Waals surface area contributed by atoms with Crippen LogP contribution in [0.3, 0.4) is 0 Å². The molecule has 0 heteroatoms. The lowest BCUT2D eigenvalue weighted by atomic mass is 9.45. The predicted octanol–water partition coefficient (Wildman–Crippen LogP) is 5.98. The highest BCUT2D eigenvalue weighted by molar-refractivity contribution is 5.13. The lowest BCUT2D eigenvalue weighted by Gasteiger charge is -2.60. The third-order valence-electron chi connectivity index (χ3n) is 8.31. The molecule has 0 unspecified atom stereocenters. The maximum Gasteiger partial charge on any atom is -0.00617 e. The number of hydrogen-bond donors (Lipinski definition) is 0. The van der Waals surface area contributed by atoms with Crippen molar-refractivity contribution in [2.45, 2.75) is 77.6 Å². The van der Waals surface area contributed by atoms with Gasteiger partial charge in [-0.15, -0.1) is 6.58 Å². The number of allylic oxidation sites excluding steroid dienone is 1. The van der Waals surface area contributed by atoms with E-state index in [1.165, 1.54) is 64.2 Å². The van der Waals surface area contributed by atoms with Crippen LogP contribution in [0.1, 0.15) is 77.6 Å². The molecule has 0 heterocycles. The van der Waals surface area contributed by atoms with Crippen LogP contribution in [0.2, 0.25) is 0 Å². The summed E-state index contributed by atoms with van der Waals surface area (Å²) in [5.41, 5.74) is 1.26. The number of rotatable bonds is 1. The van der Waals surface area contributed by atoms with Gasteiger partial charge in [0.2, 0.25) is 0 Å². The first kappa shape index (κ1) is 13.4. The van der Waals surface area contributed by atoms with Gasteiger partial charge in [-0.2, -0.15) is 0 Å². The van der Waals surface area contributed by atoms with E-state index in [9.17, 15) is 0 Å². The van der Waals surface area contributed by atoms with Crippen LogP contribution < -0.4 is 0 Å². The van der Waals surface area contributed by atoms with Crippen LogP contribution >= 0.6 is 0 Å². The van der Waals surface area contributed by atoms with Crippen LogP contribution in [0, 0.1) is 34.5 Å². The first-order valence-corrected chi connectivity index (χ1v) is 9.33. The third kappa shape index (κ3) is 1.66. The summed E-state index contributed by atoms with van der Waals surface area (Å²) < 4.78 is 0. The quantitative estimate of drug-likeness (QED) is 0.515. The molecule has 0 bridgehead atoms. The summed E-state index contributed by atoms with van der Waals surface area (Å²) in [6, 6.07) is 0. The smallest absolute Gasteiger partial charge is 0.00617 e. The zero-order valence-corrected chi connectivity index (χ0v) is 13.4. The Labute approximate surface area is 125 Å². The second kappa shape index (κ2) is 4.62. The van der Waals surface area contributed by atoms with Crippen molar-refractivity contribution in [1.29, 1.82) is 0 Å². The van der Waals surface area contributed by atoms with Gasteiger partial charge in [0.1, 0.15) is 0 Å². The van der Waals surface area contributed by atoms with Crippen molar-refractivity contribution in [2.24, 2.45) is 34.5 Å². The first-order valence-electron chi connectivity index (χ1n) is 9.33. The highest BCUT2D eigenvalue weighted by Gasteiger charge is 2.57. The molecule has 0 saturated heterocycles. The summed E-state index contributed by atoms with van der Waals surface area (Å²) in [5.74, 6) is 4.08. The SMILES string of the molecule is C=C[C@]12CCCC[C@@H]1CC[C@H]1[C@@H]3CCC[C@@]3(C)CC[C@@H]12. The highest BCUT2D eigenvalue weighted by Crippen LogP contribution is 2.66. The van der Waals surface area contributed by atoms with E-state index in [0.29, 0.717) is 10.8 Å². The van der Waals surface area contributed by atoms with E-state index in [4.69, 9.17) is 0 Å². The van der Waals surface area contributed by atoms with E-state index in [0.717, 1.165) is 23.7 Å². The topological polar surface area (TPSA) is 0 Å². The molecular formula is C20H32. The molecule has 0 N–H and O–H groups in total. The van der Waals surface area contributed by atoms with E-state index in [1.54, 1.807) is 6.42 Å². The molecule has 0 aromatic heterocycles. The van der Waals surface area contributed by atoms with Crippen molar-refractivity contribution in [3.8, 4) is 0 Å². The molecule has 20 heavy (non-hydrogen) atoms. The van der Waals surface area contributed by atoms with Crippen molar-refractivity contribution in [2.75, 3.05) is 0 Å². The van der Waals surface area contributed by atoms with Gasteiger partial charge in [0.25, 0.3) is 0 Å². The van der Waals surface area contributed by atoms with Crippen molar-refractivity contribution >= 4 is 0 Å². The molecule has 4 saturated carbocycles. The summed E-state index contributed by atoms with van der Waals surface area (Å²) in [7, 11) is 0. The van der Waals surface area contributed by atoms with Gasteiger partial charge >= 0.3 is 0 Å². The molecule has 6 atom stereocenters. The van der Waals surface area contributed by atoms with Gasteiger partial charge in [-0.1, -0.05) is 32.3 Å². The minimum atomic E-state index is 0.547. The Hall–Kier alpha value is -0.260. The van der Waals surface area contributed by atoms with E-state index in [2.05, 4.69) is 19.6 Å². The normalized spacial score (nSPS) is 54.6. The van der Waals surface area contributed by atoms with Crippen molar-refractivity contribution in [1.82, 2.24) is 0 Å². The summed E-state index contributed by atoms with van der Waals surface area (Å²) >= 11 is 0.